The summed E-state index contributed by atoms with van der Waals surface area (Å²) < 4.78 is 5.20. The second-order valence-electron chi connectivity index (χ2n) is 3.46. The van der Waals surface area contributed by atoms with Crippen LogP contribution in [-0.2, 0) is 0 Å². The quantitative estimate of drug-likeness (QED) is 0.694. The van der Waals surface area contributed by atoms with Gasteiger partial charge in [0.25, 0.3) is 0 Å². The van der Waals surface area contributed by atoms with Gasteiger partial charge in [-0.25, -0.2) is 0 Å². The van der Waals surface area contributed by atoms with Crippen molar-refractivity contribution >= 4 is 22.6 Å². The SMILES string of the molecule is Clc1cccc2onc(C3CC3)c12. The molecule has 2 aromatic rings. The molecule has 3 rings (SSSR count). The summed E-state index contributed by atoms with van der Waals surface area (Å²) in [4.78, 5) is 0. The highest BCUT2D eigenvalue weighted by Crippen LogP contribution is 2.43. The third-order valence-corrected chi connectivity index (χ3v) is 2.75. The Hall–Kier alpha value is -1.02. The number of hydrogen-bond donors (Lipinski definition) is 0. The minimum atomic E-state index is 0.584. The molecule has 0 radical (unpaired) electrons. The Balaban J connectivity index is 2.34. The van der Waals surface area contributed by atoms with Crippen molar-refractivity contribution in [1.29, 1.82) is 0 Å². The van der Waals surface area contributed by atoms with Crippen LogP contribution < -0.4 is 0 Å². The summed E-state index contributed by atoms with van der Waals surface area (Å²) in [6, 6.07) is 5.67. The van der Waals surface area contributed by atoms with E-state index in [1.54, 1.807) is 0 Å². The van der Waals surface area contributed by atoms with E-state index in [9.17, 15) is 0 Å². The number of nitrogens with zero attached hydrogens (tertiary/aromatic N) is 1. The van der Waals surface area contributed by atoms with E-state index < -0.39 is 0 Å². The first-order chi connectivity index (χ1) is 6.36. The molecule has 1 aliphatic rings. The van der Waals surface area contributed by atoms with Gasteiger partial charge in [-0.3, -0.25) is 0 Å². The molecule has 0 saturated heterocycles. The Morgan fingerprint density at radius 2 is 2.23 bits per heavy atom. The molecule has 0 N–H and O–H groups in total. The lowest BCUT2D eigenvalue weighted by molar-refractivity contribution is 0.446. The highest BCUT2D eigenvalue weighted by atomic mass is 35.5. The summed E-state index contributed by atoms with van der Waals surface area (Å²) in [7, 11) is 0. The normalized spacial score (nSPS) is 16.7. The molecule has 1 saturated carbocycles. The monoisotopic (exact) mass is 193 g/mol. The molecule has 1 fully saturated rings. The van der Waals surface area contributed by atoms with Crippen molar-refractivity contribution in [3.63, 3.8) is 0 Å². The van der Waals surface area contributed by atoms with Crippen molar-refractivity contribution < 1.29 is 4.52 Å². The van der Waals surface area contributed by atoms with Crippen LogP contribution in [-0.4, -0.2) is 5.16 Å². The Morgan fingerprint density at radius 1 is 1.38 bits per heavy atom. The molecule has 0 unspecified atom stereocenters. The molecule has 0 amide bonds. The highest BCUT2D eigenvalue weighted by molar-refractivity contribution is 6.35. The molecule has 3 heteroatoms. The van der Waals surface area contributed by atoms with Crippen molar-refractivity contribution in [1.82, 2.24) is 5.16 Å². The summed E-state index contributed by atoms with van der Waals surface area (Å²) in [6.45, 7) is 0. The zero-order chi connectivity index (χ0) is 8.84. The van der Waals surface area contributed by atoms with Gasteiger partial charge in [0.1, 0.15) is 0 Å². The molecule has 1 aromatic carbocycles. The number of hydrogen-bond acceptors (Lipinski definition) is 2. The lowest BCUT2D eigenvalue weighted by Crippen LogP contribution is -1.79. The largest absolute Gasteiger partial charge is 0.356 e. The van der Waals surface area contributed by atoms with Crippen LogP contribution in [0.4, 0.5) is 0 Å². The van der Waals surface area contributed by atoms with E-state index in [-0.39, 0.29) is 0 Å². The van der Waals surface area contributed by atoms with Crippen LogP contribution in [0.2, 0.25) is 5.02 Å². The highest BCUT2D eigenvalue weighted by Gasteiger charge is 2.29. The molecule has 0 aliphatic heterocycles. The lowest BCUT2D eigenvalue weighted by atomic mass is 10.1. The number of aromatic nitrogens is 1. The predicted molar refractivity (Wildman–Crippen MR) is 51.0 cm³/mol. The first kappa shape index (κ1) is 7.39. The number of fused-ring (bicyclic) bond motifs is 1. The van der Waals surface area contributed by atoms with Crippen molar-refractivity contribution in [2.75, 3.05) is 0 Å². The van der Waals surface area contributed by atoms with Gasteiger partial charge in [0.05, 0.1) is 16.1 Å². The first-order valence-corrected chi connectivity index (χ1v) is 4.78. The third kappa shape index (κ3) is 1.05. The Kier molecular flexibility index (Phi) is 1.41. The van der Waals surface area contributed by atoms with Gasteiger partial charge in [-0.2, -0.15) is 0 Å². The molecular formula is C10H8ClNO. The molecule has 1 aliphatic carbocycles. The summed E-state index contributed by atoms with van der Waals surface area (Å²) in [5.74, 6) is 0.584. The molecule has 66 valence electrons. The van der Waals surface area contributed by atoms with Crippen LogP contribution in [0.25, 0.3) is 11.0 Å². The fourth-order valence-corrected chi connectivity index (χ4v) is 1.87. The molecule has 0 spiro atoms. The predicted octanol–water partition coefficient (Wildman–Crippen LogP) is 3.36. The van der Waals surface area contributed by atoms with E-state index in [4.69, 9.17) is 16.1 Å². The van der Waals surface area contributed by atoms with E-state index in [0.717, 1.165) is 21.7 Å². The van der Waals surface area contributed by atoms with Gasteiger partial charge in [0.2, 0.25) is 0 Å². The van der Waals surface area contributed by atoms with Gasteiger partial charge in [-0.1, -0.05) is 22.8 Å². The van der Waals surface area contributed by atoms with E-state index in [2.05, 4.69) is 5.16 Å². The Morgan fingerprint density at radius 3 is 3.00 bits per heavy atom. The number of halogens is 1. The molecule has 0 atom stereocenters. The van der Waals surface area contributed by atoms with E-state index in [1.165, 1.54) is 12.8 Å². The van der Waals surface area contributed by atoms with Crippen LogP contribution in [0.15, 0.2) is 22.7 Å². The molecule has 1 heterocycles. The Bertz CT molecular complexity index is 459. The van der Waals surface area contributed by atoms with Gasteiger partial charge in [-0.15, -0.1) is 0 Å². The average Bonchev–Trinajstić information content (AvgIpc) is 2.87. The van der Waals surface area contributed by atoms with Gasteiger partial charge in [0.15, 0.2) is 5.58 Å². The zero-order valence-corrected chi connectivity index (χ0v) is 7.71. The second kappa shape index (κ2) is 2.48. The minimum absolute atomic E-state index is 0.584. The maximum absolute atomic E-state index is 6.08. The van der Waals surface area contributed by atoms with Crippen molar-refractivity contribution in [3.8, 4) is 0 Å². The van der Waals surface area contributed by atoms with Crippen LogP contribution in [0.1, 0.15) is 24.5 Å². The van der Waals surface area contributed by atoms with E-state index in [0.29, 0.717) is 5.92 Å². The van der Waals surface area contributed by atoms with Crippen LogP contribution in [0.5, 0.6) is 0 Å². The Labute approximate surface area is 80.5 Å². The van der Waals surface area contributed by atoms with Gasteiger partial charge >= 0.3 is 0 Å². The molecule has 1 aromatic heterocycles. The van der Waals surface area contributed by atoms with Crippen LogP contribution >= 0.6 is 11.6 Å². The van der Waals surface area contributed by atoms with E-state index >= 15 is 0 Å². The van der Waals surface area contributed by atoms with Crippen molar-refractivity contribution in [3.05, 3.63) is 28.9 Å². The van der Waals surface area contributed by atoms with Crippen LogP contribution in [0, 0.1) is 0 Å². The third-order valence-electron chi connectivity index (χ3n) is 2.44. The molecular weight excluding hydrogens is 186 g/mol. The topological polar surface area (TPSA) is 26.0 Å². The average molecular weight is 194 g/mol. The summed E-state index contributed by atoms with van der Waals surface area (Å²) >= 11 is 6.08. The zero-order valence-electron chi connectivity index (χ0n) is 6.96. The summed E-state index contributed by atoms with van der Waals surface area (Å²) in [5.41, 5.74) is 1.84. The van der Waals surface area contributed by atoms with Gasteiger partial charge < -0.3 is 4.52 Å². The maximum Gasteiger partial charge on any atom is 0.168 e. The van der Waals surface area contributed by atoms with Crippen LogP contribution in [0.3, 0.4) is 0 Å². The molecule has 0 bridgehead atoms. The molecule has 2 nitrogen and oxygen atoms in total. The minimum Gasteiger partial charge on any atom is -0.356 e. The number of benzene rings is 1. The number of rotatable bonds is 1. The molecule has 13 heavy (non-hydrogen) atoms. The first-order valence-electron chi connectivity index (χ1n) is 4.40. The fraction of sp³-hybridized carbons (Fsp3) is 0.300. The smallest absolute Gasteiger partial charge is 0.168 e. The standard InChI is InChI=1S/C10H8ClNO/c11-7-2-1-3-8-9(7)10(12-13-8)6-4-5-6/h1-3,6H,4-5H2. The second-order valence-corrected chi connectivity index (χ2v) is 3.86. The maximum atomic E-state index is 6.08. The summed E-state index contributed by atoms with van der Waals surface area (Å²) in [6.07, 6.45) is 2.43. The van der Waals surface area contributed by atoms with Gasteiger partial charge in [0, 0.05) is 5.92 Å². The van der Waals surface area contributed by atoms with E-state index in [1.807, 2.05) is 18.2 Å². The van der Waals surface area contributed by atoms with Crippen molar-refractivity contribution in [2.45, 2.75) is 18.8 Å². The summed E-state index contributed by atoms with van der Waals surface area (Å²) in [5, 5.41) is 5.82. The van der Waals surface area contributed by atoms with Crippen molar-refractivity contribution in [2.24, 2.45) is 0 Å². The van der Waals surface area contributed by atoms with Gasteiger partial charge in [-0.05, 0) is 25.0 Å². The lowest BCUT2D eigenvalue weighted by Gasteiger charge is -1.92. The fourth-order valence-electron chi connectivity index (χ4n) is 1.61.